The Labute approximate surface area is 193 Å². The van der Waals surface area contributed by atoms with Crippen LogP contribution < -0.4 is 14.9 Å². The van der Waals surface area contributed by atoms with E-state index in [1.807, 2.05) is 85.8 Å². The van der Waals surface area contributed by atoms with Crippen molar-refractivity contribution >= 4 is 22.9 Å². The lowest BCUT2D eigenvalue weighted by atomic mass is 10.0. The number of hydrazone groups is 1. The summed E-state index contributed by atoms with van der Waals surface area (Å²) in [4.78, 5) is 12.5. The molecule has 0 aliphatic carbocycles. The monoisotopic (exact) mass is 438 g/mol. The Morgan fingerprint density at radius 3 is 2.36 bits per heavy atom. The van der Waals surface area contributed by atoms with E-state index in [0.717, 1.165) is 33.2 Å². The molecule has 1 atom stereocenters. The summed E-state index contributed by atoms with van der Waals surface area (Å²) in [7, 11) is 0. The second-order valence-corrected chi connectivity index (χ2v) is 7.52. The summed E-state index contributed by atoms with van der Waals surface area (Å²) >= 11 is 0. The van der Waals surface area contributed by atoms with Crippen LogP contribution in [0.1, 0.15) is 19.4 Å². The zero-order chi connectivity index (χ0) is 23.0. The van der Waals surface area contributed by atoms with E-state index in [9.17, 15) is 4.79 Å². The lowest BCUT2D eigenvalue weighted by Gasteiger charge is -2.14. The molecule has 0 bridgehead atoms. The average molecular weight is 439 g/mol. The molecule has 166 valence electrons. The van der Waals surface area contributed by atoms with Crippen molar-refractivity contribution in [3.8, 4) is 22.6 Å². The summed E-state index contributed by atoms with van der Waals surface area (Å²) < 4.78 is 11.5. The highest BCUT2D eigenvalue weighted by Crippen LogP contribution is 2.27. The van der Waals surface area contributed by atoms with E-state index in [1.165, 1.54) is 0 Å². The summed E-state index contributed by atoms with van der Waals surface area (Å²) in [5.41, 5.74) is 5.61. The number of carbonyl (C=O) groups is 1. The molecule has 4 rings (SSSR count). The van der Waals surface area contributed by atoms with Gasteiger partial charge in [-0.2, -0.15) is 5.10 Å². The van der Waals surface area contributed by atoms with Gasteiger partial charge in [-0.05, 0) is 53.9 Å². The van der Waals surface area contributed by atoms with Gasteiger partial charge in [-0.15, -0.1) is 0 Å². The number of nitrogens with one attached hydrogen (secondary N) is 1. The molecule has 1 N–H and O–H groups in total. The van der Waals surface area contributed by atoms with Crippen molar-refractivity contribution in [2.24, 2.45) is 5.10 Å². The fourth-order valence-electron chi connectivity index (χ4n) is 3.56. The lowest BCUT2D eigenvalue weighted by Crippen LogP contribution is -2.33. The van der Waals surface area contributed by atoms with Crippen LogP contribution >= 0.6 is 0 Å². The van der Waals surface area contributed by atoms with Gasteiger partial charge in [-0.3, -0.25) is 4.79 Å². The normalized spacial score (nSPS) is 11.9. The second kappa shape index (κ2) is 10.5. The third-order valence-electron chi connectivity index (χ3n) is 5.24. The molecule has 0 radical (unpaired) electrons. The third kappa shape index (κ3) is 5.39. The Bertz CT molecular complexity index is 1250. The lowest BCUT2D eigenvalue weighted by molar-refractivity contribution is -0.127. The Hall–Kier alpha value is -4.12. The maximum absolute atomic E-state index is 12.5. The first-order chi connectivity index (χ1) is 16.2. The topological polar surface area (TPSA) is 59.9 Å². The SMILES string of the molecule is CCOc1ccc2ccccc2c1C=NNC(=O)C(C)Oc1ccc(-c2ccccc2)cc1. The van der Waals surface area contributed by atoms with E-state index < -0.39 is 6.10 Å². The van der Waals surface area contributed by atoms with Crippen LogP contribution in [0, 0.1) is 0 Å². The maximum Gasteiger partial charge on any atom is 0.280 e. The highest BCUT2D eigenvalue weighted by atomic mass is 16.5. The van der Waals surface area contributed by atoms with Crippen molar-refractivity contribution in [1.29, 1.82) is 0 Å². The first kappa shape index (κ1) is 22.1. The van der Waals surface area contributed by atoms with E-state index in [-0.39, 0.29) is 5.91 Å². The fraction of sp³-hybridized carbons (Fsp3) is 0.143. The number of hydrogen-bond donors (Lipinski definition) is 1. The van der Waals surface area contributed by atoms with Crippen molar-refractivity contribution in [3.05, 3.63) is 96.6 Å². The van der Waals surface area contributed by atoms with Crippen molar-refractivity contribution in [3.63, 3.8) is 0 Å². The quantitative estimate of drug-likeness (QED) is 0.278. The van der Waals surface area contributed by atoms with Crippen LogP contribution in [0.4, 0.5) is 0 Å². The van der Waals surface area contributed by atoms with Gasteiger partial charge in [0.15, 0.2) is 6.10 Å². The van der Waals surface area contributed by atoms with E-state index in [1.54, 1.807) is 13.1 Å². The Morgan fingerprint density at radius 2 is 1.61 bits per heavy atom. The number of carbonyl (C=O) groups excluding carboxylic acids is 1. The van der Waals surface area contributed by atoms with Gasteiger partial charge in [0.2, 0.25) is 0 Å². The van der Waals surface area contributed by atoms with Crippen molar-refractivity contribution in [2.45, 2.75) is 20.0 Å². The highest BCUT2D eigenvalue weighted by Gasteiger charge is 2.14. The minimum atomic E-state index is -0.705. The minimum Gasteiger partial charge on any atom is -0.493 e. The standard InChI is InChI=1S/C28H26N2O3/c1-3-32-27-18-15-23-11-7-8-12-25(23)26(27)19-29-30-28(31)20(2)33-24-16-13-22(14-17-24)21-9-5-4-6-10-21/h4-20H,3H2,1-2H3,(H,30,31). The predicted molar refractivity (Wildman–Crippen MR) is 133 cm³/mol. The largest absolute Gasteiger partial charge is 0.493 e. The second-order valence-electron chi connectivity index (χ2n) is 7.52. The summed E-state index contributed by atoms with van der Waals surface area (Å²) in [6.07, 6.45) is 0.913. The predicted octanol–water partition coefficient (Wildman–Crippen LogP) is 5.82. The van der Waals surface area contributed by atoms with Crippen LogP contribution in [-0.4, -0.2) is 24.8 Å². The molecule has 0 spiro atoms. The molecule has 0 aromatic heterocycles. The molecular formula is C28H26N2O3. The molecule has 0 saturated heterocycles. The van der Waals surface area contributed by atoms with E-state index in [4.69, 9.17) is 9.47 Å². The van der Waals surface area contributed by atoms with Gasteiger partial charge in [-0.25, -0.2) is 5.43 Å². The Balaban J connectivity index is 1.41. The van der Waals surface area contributed by atoms with Gasteiger partial charge in [-0.1, -0.05) is 72.8 Å². The van der Waals surface area contributed by atoms with Crippen molar-refractivity contribution in [1.82, 2.24) is 5.43 Å². The summed E-state index contributed by atoms with van der Waals surface area (Å²) in [6, 6.07) is 29.7. The molecule has 0 aliphatic rings. The highest BCUT2D eigenvalue weighted by molar-refractivity contribution is 6.02. The first-order valence-electron chi connectivity index (χ1n) is 11.0. The number of fused-ring (bicyclic) bond motifs is 1. The van der Waals surface area contributed by atoms with Crippen LogP contribution in [0.2, 0.25) is 0 Å². The molecule has 4 aromatic rings. The van der Waals surface area contributed by atoms with Crippen LogP contribution in [0.5, 0.6) is 11.5 Å². The average Bonchev–Trinajstić information content (AvgIpc) is 2.86. The van der Waals surface area contributed by atoms with Crippen molar-refractivity contribution in [2.75, 3.05) is 6.61 Å². The zero-order valence-corrected chi connectivity index (χ0v) is 18.7. The molecule has 0 aliphatic heterocycles. The van der Waals surface area contributed by atoms with Crippen LogP contribution in [0.25, 0.3) is 21.9 Å². The van der Waals surface area contributed by atoms with Gasteiger partial charge >= 0.3 is 0 Å². The van der Waals surface area contributed by atoms with Gasteiger partial charge < -0.3 is 9.47 Å². The number of amides is 1. The van der Waals surface area contributed by atoms with Gasteiger partial charge in [0.25, 0.3) is 5.91 Å². The molecule has 33 heavy (non-hydrogen) atoms. The molecule has 5 nitrogen and oxygen atoms in total. The molecule has 5 heteroatoms. The molecular weight excluding hydrogens is 412 g/mol. The number of ether oxygens (including phenoxy) is 2. The van der Waals surface area contributed by atoms with E-state index in [0.29, 0.717) is 12.4 Å². The third-order valence-corrected chi connectivity index (χ3v) is 5.24. The molecule has 1 amide bonds. The minimum absolute atomic E-state index is 0.336. The smallest absolute Gasteiger partial charge is 0.280 e. The molecule has 0 heterocycles. The number of nitrogens with zero attached hydrogens (tertiary/aromatic N) is 1. The summed E-state index contributed by atoms with van der Waals surface area (Å²) in [6.45, 7) is 4.17. The molecule has 0 saturated carbocycles. The van der Waals surface area contributed by atoms with Crippen molar-refractivity contribution < 1.29 is 14.3 Å². The fourth-order valence-corrected chi connectivity index (χ4v) is 3.56. The molecule has 0 fully saturated rings. The Kier molecular flexibility index (Phi) is 7.00. The van der Waals surface area contributed by atoms with Crippen LogP contribution in [0.15, 0.2) is 96.1 Å². The number of rotatable bonds is 8. The first-order valence-corrected chi connectivity index (χ1v) is 11.0. The molecule has 1 unspecified atom stereocenters. The Morgan fingerprint density at radius 1 is 0.909 bits per heavy atom. The van der Waals surface area contributed by atoms with Gasteiger partial charge in [0.05, 0.1) is 12.8 Å². The zero-order valence-electron chi connectivity index (χ0n) is 18.7. The van der Waals surface area contributed by atoms with Crippen LogP contribution in [0.3, 0.4) is 0 Å². The van der Waals surface area contributed by atoms with E-state index in [2.05, 4.69) is 22.7 Å². The van der Waals surface area contributed by atoms with Crippen LogP contribution in [-0.2, 0) is 4.79 Å². The number of benzene rings is 4. The van der Waals surface area contributed by atoms with Gasteiger partial charge in [0.1, 0.15) is 11.5 Å². The number of hydrogen-bond acceptors (Lipinski definition) is 4. The summed E-state index contributed by atoms with van der Waals surface area (Å²) in [5.74, 6) is 1.00. The molecule has 4 aromatic carbocycles. The van der Waals surface area contributed by atoms with E-state index >= 15 is 0 Å². The maximum atomic E-state index is 12.5. The summed E-state index contributed by atoms with van der Waals surface area (Å²) in [5, 5.41) is 6.24. The van der Waals surface area contributed by atoms with Gasteiger partial charge in [0, 0.05) is 5.56 Å².